The summed E-state index contributed by atoms with van der Waals surface area (Å²) >= 11 is 0. The lowest BCUT2D eigenvalue weighted by atomic mass is 10.1. The van der Waals surface area contributed by atoms with Crippen LogP contribution in [0.2, 0.25) is 0 Å². The predicted molar refractivity (Wildman–Crippen MR) is 49.4 cm³/mol. The van der Waals surface area contributed by atoms with Crippen LogP contribution in [0.1, 0.15) is 13.3 Å². The molecule has 0 fully saturated rings. The average molecular weight is 177 g/mol. The van der Waals surface area contributed by atoms with Crippen molar-refractivity contribution in [3.63, 3.8) is 0 Å². The first kappa shape index (κ1) is 8.10. The molecule has 1 aromatic heterocycles. The van der Waals surface area contributed by atoms with Gasteiger partial charge in [-0.15, -0.1) is 0 Å². The second-order valence-electron chi connectivity index (χ2n) is 3.27. The number of rotatable bonds is 1. The highest BCUT2D eigenvalue weighted by Crippen LogP contribution is 2.20. The fraction of sp³-hybridized carbons (Fsp3) is 0.300. The Kier molecular flexibility index (Phi) is 1.93. The normalized spacial score (nSPS) is 17.5. The molecule has 1 aromatic rings. The second-order valence-corrected chi connectivity index (χ2v) is 3.27. The van der Waals surface area contributed by atoms with Gasteiger partial charge in [-0.2, -0.15) is 0 Å². The Bertz CT molecular complexity index is 338. The molecule has 1 aliphatic rings. The first-order valence-electron chi connectivity index (χ1n) is 4.25. The van der Waals surface area contributed by atoms with E-state index in [0.29, 0.717) is 13.0 Å². The lowest BCUT2D eigenvalue weighted by Gasteiger charge is -2.21. The fourth-order valence-electron chi connectivity index (χ4n) is 1.49. The maximum Gasteiger partial charge on any atom is 0.199 e. The van der Waals surface area contributed by atoms with Crippen molar-refractivity contribution in [2.24, 2.45) is 0 Å². The van der Waals surface area contributed by atoms with Crippen molar-refractivity contribution in [1.29, 1.82) is 0 Å². The second kappa shape index (κ2) is 3.09. The van der Waals surface area contributed by atoms with Gasteiger partial charge in [-0.1, -0.05) is 0 Å². The van der Waals surface area contributed by atoms with E-state index in [2.05, 4.69) is 0 Å². The first-order valence-corrected chi connectivity index (χ1v) is 4.25. The van der Waals surface area contributed by atoms with Gasteiger partial charge in [-0.25, -0.2) is 0 Å². The zero-order valence-electron chi connectivity index (χ0n) is 7.49. The Morgan fingerprint density at radius 1 is 1.54 bits per heavy atom. The van der Waals surface area contributed by atoms with Crippen LogP contribution in [0.3, 0.4) is 0 Å². The van der Waals surface area contributed by atoms with E-state index in [4.69, 9.17) is 4.42 Å². The lowest BCUT2D eigenvalue weighted by molar-refractivity contribution is -0.117. The van der Waals surface area contributed by atoms with E-state index in [1.165, 1.54) is 0 Å². The smallest absolute Gasteiger partial charge is 0.199 e. The highest BCUT2D eigenvalue weighted by atomic mass is 16.3. The molecule has 1 aliphatic heterocycles. The largest absolute Gasteiger partial charge is 0.448 e. The summed E-state index contributed by atoms with van der Waals surface area (Å²) in [6, 6.07) is 3.67. The Hall–Kier alpha value is -1.51. The van der Waals surface area contributed by atoms with Crippen LogP contribution in [0.4, 0.5) is 5.88 Å². The molecule has 13 heavy (non-hydrogen) atoms. The Labute approximate surface area is 76.6 Å². The molecule has 2 rings (SSSR count). The van der Waals surface area contributed by atoms with Crippen molar-refractivity contribution in [3.05, 3.63) is 30.2 Å². The minimum Gasteiger partial charge on any atom is -0.448 e. The van der Waals surface area contributed by atoms with Gasteiger partial charge in [0.05, 0.1) is 12.8 Å². The minimum absolute atomic E-state index is 0.233. The molecule has 0 N–H and O–H groups in total. The van der Waals surface area contributed by atoms with Crippen LogP contribution in [0.5, 0.6) is 0 Å². The van der Waals surface area contributed by atoms with Crippen LogP contribution in [-0.2, 0) is 4.79 Å². The van der Waals surface area contributed by atoms with Gasteiger partial charge in [0.2, 0.25) is 0 Å². The van der Waals surface area contributed by atoms with Gasteiger partial charge in [0, 0.05) is 18.7 Å². The molecule has 0 amide bonds. The van der Waals surface area contributed by atoms with E-state index in [1.807, 2.05) is 30.2 Å². The van der Waals surface area contributed by atoms with Crippen molar-refractivity contribution < 1.29 is 9.21 Å². The van der Waals surface area contributed by atoms with E-state index >= 15 is 0 Å². The van der Waals surface area contributed by atoms with Crippen molar-refractivity contribution >= 4 is 11.7 Å². The number of hydrogen-bond donors (Lipinski definition) is 0. The van der Waals surface area contributed by atoms with Gasteiger partial charge >= 0.3 is 0 Å². The maximum absolute atomic E-state index is 11.3. The molecule has 2 heterocycles. The number of carbonyl (C=O) groups excluding carboxylic acids is 1. The van der Waals surface area contributed by atoms with Gasteiger partial charge in [0.1, 0.15) is 0 Å². The molecule has 68 valence electrons. The van der Waals surface area contributed by atoms with Gasteiger partial charge in [0.25, 0.3) is 0 Å². The molecule has 3 heteroatoms. The average Bonchev–Trinajstić information content (AvgIpc) is 2.53. The zero-order chi connectivity index (χ0) is 9.26. The molecule has 0 radical (unpaired) electrons. The van der Waals surface area contributed by atoms with E-state index in [0.717, 1.165) is 11.5 Å². The molecular formula is C10H11NO2. The summed E-state index contributed by atoms with van der Waals surface area (Å²) < 4.78 is 5.20. The minimum atomic E-state index is 0.233. The SMILES string of the molecule is CC1=CN(c2ccco2)CC(=O)C1. The number of allylic oxidation sites excluding steroid dienone is 1. The predicted octanol–water partition coefficient (Wildman–Crippen LogP) is 1.96. The number of anilines is 1. The fourth-order valence-corrected chi connectivity index (χ4v) is 1.49. The van der Waals surface area contributed by atoms with E-state index in [-0.39, 0.29) is 5.78 Å². The molecule has 0 saturated carbocycles. The molecule has 0 aromatic carbocycles. The highest BCUT2D eigenvalue weighted by Gasteiger charge is 2.17. The molecule has 0 atom stereocenters. The van der Waals surface area contributed by atoms with E-state index in [9.17, 15) is 4.79 Å². The van der Waals surface area contributed by atoms with Crippen LogP contribution in [0.15, 0.2) is 34.6 Å². The zero-order valence-corrected chi connectivity index (χ0v) is 7.49. The monoisotopic (exact) mass is 177 g/mol. The van der Waals surface area contributed by atoms with Crippen molar-refractivity contribution in [1.82, 2.24) is 0 Å². The molecule has 0 unspecified atom stereocenters. The summed E-state index contributed by atoms with van der Waals surface area (Å²) in [5.41, 5.74) is 1.08. The third-order valence-electron chi connectivity index (χ3n) is 1.99. The standard InChI is InChI=1S/C10H11NO2/c1-8-5-9(12)7-11(6-8)10-3-2-4-13-10/h2-4,6H,5,7H2,1H3. The number of furan rings is 1. The maximum atomic E-state index is 11.3. The quantitative estimate of drug-likeness (QED) is 0.657. The molecule has 3 nitrogen and oxygen atoms in total. The van der Waals surface area contributed by atoms with Crippen molar-refractivity contribution in [3.8, 4) is 0 Å². The molecule has 0 spiro atoms. The highest BCUT2D eigenvalue weighted by molar-refractivity contribution is 5.87. The number of nitrogens with zero attached hydrogens (tertiary/aromatic N) is 1. The van der Waals surface area contributed by atoms with Crippen molar-refractivity contribution in [2.45, 2.75) is 13.3 Å². The summed E-state index contributed by atoms with van der Waals surface area (Å²) in [5.74, 6) is 0.962. The topological polar surface area (TPSA) is 33.5 Å². The van der Waals surface area contributed by atoms with Crippen LogP contribution >= 0.6 is 0 Å². The lowest BCUT2D eigenvalue weighted by Crippen LogP contribution is -2.28. The third kappa shape index (κ3) is 1.64. The summed E-state index contributed by atoms with van der Waals surface area (Å²) in [5, 5.41) is 0. The van der Waals surface area contributed by atoms with Crippen molar-refractivity contribution in [2.75, 3.05) is 11.4 Å². The Balaban J connectivity index is 2.25. The summed E-state index contributed by atoms with van der Waals surface area (Å²) in [6.45, 7) is 2.37. The Morgan fingerprint density at radius 3 is 3.00 bits per heavy atom. The molecule has 0 bridgehead atoms. The summed E-state index contributed by atoms with van der Waals surface area (Å²) in [7, 11) is 0. The number of Topliss-reactive ketones (excluding diaryl/α,β-unsaturated/α-hetero) is 1. The van der Waals surface area contributed by atoms with Crippen LogP contribution < -0.4 is 4.90 Å². The van der Waals surface area contributed by atoms with E-state index in [1.54, 1.807) is 6.26 Å². The molecule has 0 aliphatic carbocycles. The van der Waals surface area contributed by atoms with Crippen LogP contribution in [0, 0.1) is 0 Å². The third-order valence-corrected chi connectivity index (χ3v) is 1.99. The molecular weight excluding hydrogens is 166 g/mol. The van der Waals surface area contributed by atoms with Gasteiger partial charge in [-0.3, -0.25) is 4.79 Å². The van der Waals surface area contributed by atoms with Crippen LogP contribution in [0.25, 0.3) is 0 Å². The number of ketones is 1. The number of hydrogen-bond acceptors (Lipinski definition) is 3. The summed E-state index contributed by atoms with van der Waals surface area (Å²) in [4.78, 5) is 13.1. The summed E-state index contributed by atoms with van der Waals surface area (Å²) in [6.07, 6.45) is 4.13. The van der Waals surface area contributed by atoms with E-state index < -0.39 is 0 Å². The van der Waals surface area contributed by atoms with Gasteiger partial charge in [-0.05, 0) is 18.6 Å². The van der Waals surface area contributed by atoms with Gasteiger partial charge in [0.15, 0.2) is 11.7 Å². The Morgan fingerprint density at radius 2 is 2.38 bits per heavy atom. The first-order chi connectivity index (χ1) is 6.25. The van der Waals surface area contributed by atoms with Crippen LogP contribution in [-0.4, -0.2) is 12.3 Å². The molecule has 0 saturated heterocycles. The van der Waals surface area contributed by atoms with Gasteiger partial charge < -0.3 is 9.32 Å². The number of carbonyl (C=O) groups is 1.